The van der Waals surface area contributed by atoms with E-state index in [0.29, 0.717) is 12.7 Å². The van der Waals surface area contributed by atoms with Crippen LogP contribution < -0.4 is 10.6 Å². The predicted molar refractivity (Wildman–Crippen MR) is 93.7 cm³/mol. The third-order valence-electron chi connectivity index (χ3n) is 4.11. The topological polar surface area (TPSA) is 44.4 Å². The number of carbonyl (C=O) groups is 1. The summed E-state index contributed by atoms with van der Waals surface area (Å²) in [6, 6.07) is 0.319. The number of amides is 2. The Bertz CT molecular complexity index is 409. The summed E-state index contributed by atoms with van der Waals surface area (Å²) < 4.78 is 0. The number of nitrogens with zero attached hydrogens (tertiary/aromatic N) is 1. The molecule has 0 saturated heterocycles. The van der Waals surface area contributed by atoms with Crippen LogP contribution in [0.5, 0.6) is 0 Å². The van der Waals surface area contributed by atoms with E-state index >= 15 is 0 Å². The number of rotatable bonds is 7. The van der Waals surface area contributed by atoms with Gasteiger partial charge in [-0.1, -0.05) is 50.1 Å². The Kier molecular flexibility index (Phi) is 8.60. The number of nitrogens with one attached hydrogen (secondary N) is 2. The standard InChI is InChI=1S/C18H31N3O/c1-5-10-16(11-6-2)15(3)20-18(22)21(14-19-4)17-12-8-7-9-13-17/h5-6,10-11,15,17,19H,1,7-9,12-14H2,2-4H3,(H,20,22)/b11-6-,16-10+. The van der Waals surface area contributed by atoms with Crippen molar-refractivity contribution in [3.05, 3.63) is 36.5 Å². The first-order valence-electron chi connectivity index (χ1n) is 8.31. The minimum Gasteiger partial charge on any atom is -0.331 e. The summed E-state index contributed by atoms with van der Waals surface area (Å²) in [5.41, 5.74) is 1.05. The van der Waals surface area contributed by atoms with Gasteiger partial charge in [0.1, 0.15) is 0 Å². The summed E-state index contributed by atoms with van der Waals surface area (Å²) in [6.45, 7) is 8.31. The summed E-state index contributed by atoms with van der Waals surface area (Å²) in [4.78, 5) is 14.6. The smallest absolute Gasteiger partial charge is 0.319 e. The number of allylic oxidation sites excluding steroid dienone is 3. The van der Waals surface area contributed by atoms with E-state index < -0.39 is 0 Å². The normalized spacial score (nSPS) is 18.2. The zero-order valence-electron chi connectivity index (χ0n) is 14.3. The monoisotopic (exact) mass is 305 g/mol. The lowest BCUT2D eigenvalue weighted by molar-refractivity contribution is 0.149. The molecule has 4 nitrogen and oxygen atoms in total. The average molecular weight is 305 g/mol. The van der Waals surface area contributed by atoms with E-state index in [1.165, 1.54) is 19.3 Å². The predicted octanol–water partition coefficient (Wildman–Crippen LogP) is 3.58. The third kappa shape index (κ3) is 5.68. The average Bonchev–Trinajstić information content (AvgIpc) is 2.53. The van der Waals surface area contributed by atoms with E-state index in [4.69, 9.17) is 0 Å². The van der Waals surface area contributed by atoms with E-state index in [1.807, 2.05) is 44.0 Å². The molecule has 2 amide bonds. The molecular weight excluding hydrogens is 274 g/mol. The zero-order valence-corrected chi connectivity index (χ0v) is 14.3. The number of urea groups is 1. The van der Waals surface area contributed by atoms with Gasteiger partial charge in [0, 0.05) is 6.04 Å². The van der Waals surface area contributed by atoms with Crippen LogP contribution in [0.4, 0.5) is 4.79 Å². The maximum atomic E-state index is 12.7. The van der Waals surface area contributed by atoms with Crippen LogP contribution in [0.15, 0.2) is 36.5 Å². The van der Waals surface area contributed by atoms with E-state index in [1.54, 1.807) is 6.08 Å². The van der Waals surface area contributed by atoms with Crippen LogP contribution in [-0.2, 0) is 0 Å². The van der Waals surface area contributed by atoms with Crippen LogP contribution in [0.3, 0.4) is 0 Å². The largest absolute Gasteiger partial charge is 0.331 e. The second-order valence-electron chi connectivity index (χ2n) is 5.85. The second-order valence-corrected chi connectivity index (χ2v) is 5.85. The molecule has 4 heteroatoms. The Morgan fingerprint density at radius 3 is 2.59 bits per heavy atom. The fourth-order valence-electron chi connectivity index (χ4n) is 2.95. The first-order valence-corrected chi connectivity index (χ1v) is 8.31. The Hall–Kier alpha value is -1.55. The summed E-state index contributed by atoms with van der Waals surface area (Å²) in [6.07, 6.45) is 13.6. The summed E-state index contributed by atoms with van der Waals surface area (Å²) >= 11 is 0. The van der Waals surface area contributed by atoms with Crippen molar-refractivity contribution in [1.29, 1.82) is 0 Å². The molecule has 1 rings (SSSR count). The molecule has 1 atom stereocenters. The first-order chi connectivity index (χ1) is 10.6. The molecule has 124 valence electrons. The molecule has 1 aliphatic rings. The molecule has 0 aliphatic heterocycles. The van der Waals surface area contributed by atoms with Crippen LogP contribution in [0.2, 0.25) is 0 Å². The molecule has 1 aliphatic carbocycles. The van der Waals surface area contributed by atoms with E-state index in [-0.39, 0.29) is 12.1 Å². The quantitative estimate of drug-likeness (QED) is 0.558. The zero-order chi connectivity index (χ0) is 16.4. The van der Waals surface area contributed by atoms with Crippen molar-refractivity contribution in [2.24, 2.45) is 0 Å². The van der Waals surface area contributed by atoms with Gasteiger partial charge in [-0.05, 0) is 39.3 Å². The number of hydrogen-bond donors (Lipinski definition) is 2. The SMILES string of the molecule is C=C/C=C(\C=C/C)C(C)NC(=O)N(CNC)C1CCCCC1. The van der Waals surface area contributed by atoms with Gasteiger partial charge in [-0.15, -0.1) is 0 Å². The maximum absolute atomic E-state index is 12.7. The molecule has 1 unspecified atom stereocenters. The van der Waals surface area contributed by atoms with Crippen molar-refractivity contribution in [2.75, 3.05) is 13.7 Å². The summed E-state index contributed by atoms with van der Waals surface area (Å²) in [5, 5.41) is 6.23. The summed E-state index contributed by atoms with van der Waals surface area (Å²) in [5.74, 6) is 0. The Morgan fingerprint density at radius 2 is 2.05 bits per heavy atom. The highest BCUT2D eigenvalue weighted by molar-refractivity contribution is 5.75. The molecule has 2 N–H and O–H groups in total. The lowest BCUT2D eigenvalue weighted by Gasteiger charge is -2.35. The Balaban J connectivity index is 2.72. The molecule has 0 radical (unpaired) electrons. The van der Waals surface area contributed by atoms with Crippen molar-refractivity contribution in [3.63, 3.8) is 0 Å². The van der Waals surface area contributed by atoms with E-state index in [2.05, 4.69) is 17.2 Å². The lowest BCUT2D eigenvalue weighted by Crippen LogP contribution is -2.52. The van der Waals surface area contributed by atoms with Crippen molar-refractivity contribution >= 4 is 6.03 Å². The highest BCUT2D eigenvalue weighted by Crippen LogP contribution is 2.22. The molecule has 1 fully saturated rings. The van der Waals surface area contributed by atoms with Gasteiger partial charge in [0.25, 0.3) is 0 Å². The molecule has 0 spiro atoms. The van der Waals surface area contributed by atoms with Gasteiger partial charge in [0.15, 0.2) is 0 Å². The molecule has 0 bridgehead atoms. The maximum Gasteiger partial charge on any atom is 0.319 e. The molecule has 22 heavy (non-hydrogen) atoms. The molecular formula is C18H31N3O. The fourth-order valence-corrected chi connectivity index (χ4v) is 2.95. The first kappa shape index (κ1) is 18.5. The fraction of sp³-hybridized carbons (Fsp3) is 0.611. The number of hydrogen-bond acceptors (Lipinski definition) is 2. The van der Waals surface area contributed by atoms with Crippen LogP contribution in [-0.4, -0.2) is 36.7 Å². The second kappa shape index (κ2) is 10.2. The van der Waals surface area contributed by atoms with Crippen molar-refractivity contribution in [1.82, 2.24) is 15.5 Å². The Morgan fingerprint density at radius 1 is 1.36 bits per heavy atom. The lowest BCUT2D eigenvalue weighted by atomic mass is 9.94. The molecule has 0 heterocycles. The van der Waals surface area contributed by atoms with E-state index in [9.17, 15) is 4.79 Å². The minimum atomic E-state index is -0.0374. The van der Waals surface area contributed by atoms with Gasteiger partial charge in [-0.3, -0.25) is 0 Å². The Labute approximate surface area is 135 Å². The molecule has 0 aromatic heterocycles. The van der Waals surface area contributed by atoms with Crippen LogP contribution in [0.1, 0.15) is 46.0 Å². The molecule has 0 aromatic rings. The van der Waals surface area contributed by atoms with Crippen LogP contribution >= 0.6 is 0 Å². The van der Waals surface area contributed by atoms with Gasteiger partial charge in [0.2, 0.25) is 0 Å². The van der Waals surface area contributed by atoms with Crippen molar-refractivity contribution in [3.8, 4) is 0 Å². The van der Waals surface area contributed by atoms with Crippen molar-refractivity contribution < 1.29 is 4.79 Å². The third-order valence-corrected chi connectivity index (χ3v) is 4.11. The van der Waals surface area contributed by atoms with Gasteiger partial charge < -0.3 is 15.5 Å². The van der Waals surface area contributed by atoms with Gasteiger partial charge >= 0.3 is 6.03 Å². The van der Waals surface area contributed by atoms with E-state index in [0.717, 1.165) is 18.4 Å². The highest BCUT2D eigenvalue weighted by atomic mass is 16.2. The molecule has 1 saturated carbocycles. The highest BCUT2D eigenvalue weighted by Gasteiger charge is 2.25. The molecule has 0 aromatic carbocycles. The summed E-state index contributed by atoms with van der Waals surface area (Å²) in [7, 11) is 1.88. The van der Waals surface area contributed by atoms with Crippen molar-refractivity contribution in [2.45, 2.75) is 58.0 Å². The number of carbonyl (C=O) groups excluding carboxylic acids is 1. The van der Waals surface area contributed by atoms with Gasteiger partial charge in [-0.25, -0.2) is 4.79 Å². The van der Waals surface area contributed by atoms with Crippen LogP contribution in [0, 0.1) is 0 Å². The van der Waals surface area contributed by atoms with Gasteiger partial charge in [-0.2, -0.15) is 0 Å². The van der Waals surface area contributed by atoms with Gasteiger partial charge in [0.05, 0.1) is 12.7 Å². The van der Waals surface area contributed by atoms with Crippen LogP contribution in [0.25, 0.3) is 0 Å². The minimum absolute atomic E-state index is 0.00761.